The maximum atomic E-state index is 13.0. The van der Waals surface area contributed by atoms with Gasteiger partial charge in [-0.1, -0.05) is 24.3 Å². The Balaban J connectivity index is 1.11. The molecule has 2 fully saturated rings. The number of furan rings is 1. The van der Waals surface area contributed by atoms with E-state index >= 15 is 0 Å². The Hall–Kier alpha value is -3.09. The Bertz CT molecular complexity index is 992. The number of carbonyl (C=O) groups excluding carboxylic acids is 3. The van der Waals surface area contributed by atoms with Crippen molar-refractivity contribution < 1.29 is 18.8 Å². The molecule has 2 aromatic rings. The van der Waals surface area contributed by atoms with Crippen molar-refractivity contribution in [2.24, 2.45) is 5.41 Å². The number of piperidine rings is 1. The van der Waals surface area contributed by atoms with Crippen molar-refractivity contribution in [3.63, 3.8) is 0 Å². The molecule has 7 heteroatoms. The SMILES string of the molecule is O=C(NCC(=O)N1CCC2(CC1)CCN(C(=O)C1Cc3ccccc31)C2)c1ccco1. The number of hydrogen-bond donors (Lipinski definition) is 1. The number of amides is 3. The summed E-state index contributed by atoms with van der Waals surface area (Å²) in [7, 11) is 0. The number of fused-ring (bicyclic) bond motifs is 1. The summed E-state index contributed by atoms with van der Waals surface area (Å²) in [5, 5.41) is 2.62. The van der Waals surface area contributed by atoms with Crippen molar-refractivity contribution in [2.45, 2.75) is 31.6 Å². The van der Waals surface area contributed by atoms with Crippen LogP contribution in [0, 0.1) is 5.41 Å². The minimum atomic E-state index is -0.380. The van der Waals surface area contributed by atoms with Gasteiger partial charge < -0.3 is 19.5 Å². The van der Waals surface area contributed by atoms with Gasteiger partial charge >= 0.3 is 0 Å². The highest BCUT2D eigenvalue weighted by molar-refractivity contribution is 5.94. The first-order valence-corrected chi connectivity index (χ1v) is 11.0. The highest BCUT2D eigenvalue weighted by Gasteiger charge is 2.45. The van der Waals surface area contributed by atoms with E-state index in [2.05, 4.69) is 17.4 Å². The van der Waals surface area contributed by atoms with Crippen LogP contribution in [0.1, 0.15) is 46.9 Å². The highest BCUT2D eigenvalue weighted by atomic mass is 16.3. The third-order valence-electron chi connectivity index (χ3n) is 7.22. The van der Waals surface area contributed by atoms with Gasteiger partial charge in [0.25, 0.3) is 5.91 Å². The molecule has 5 rings (SSSR count). The van der Waals surface area contributed by atoms with Crippen LogP contribution >= 0.6 is 0 Å². The van der Waals surface area contributed by atoms with Crippen molar-refractivity contribution >= 4 is 17.7 Å². The van der Waals surface area contributed by atoms with Crippen molar-refractivity contribution in [3.8, 4) is 0 Å². The average Bonchev–Trinajstić information content (AvgIpc) is 3.44. The zero-order chi connectivity index (χ0) is 21.4. The summed E-state index contributed by atoms with van der Waals surface area (Å²) in [6.45, 7) is 2.91. The molecule has 2 aliphatic heterocycles. The molecule has 1 N–H and O–H groups in total. The molecule has 0 radical (unpaired) electrons. The summed E-state index contributed by atoms with van der Waals surface area (Å²) >= 11 is 0. The molecule has 31 heavy (non-hydrogen) atoms. The Morgan fingerprint density at radius 1 is 1.00 bits per heavy atom. The van der Waals surface area contributed by atoms with Crippen LogP contribution in [0.25, 0.3) is 0 Å². The molecule has 1 spiro atoms. The number of likely N-dealkylation sites (tertiary alicyclic amines) is 2. The maximum Gasteiger partial charge on any atom is 0.287 e. The van der Waals surface area contributed by atoms with Crippen LogP contribution in [0.3, 0.4) is 0 Å². The highest BCUT2D eigenvalue weighted by Crippen LogP contribution is 2.43. The molecule has 1 unspecified atom stereocenters. The van der Waals surface area contributed by atoms with Gasteiger partial charge in [-0.2, -0.15) is 0 Å². The summed E-state index contributed by atoms with van der Waals surface area (Å²) in [5.74, 6) is 0.0248. The van der Waals surface area contributed by atoms with Crippen LogP contribution in [0.2, 0.25) is 0 Å². The van der Waals surface area contributed by atoms with Gasteiger partial charge in [-0.3, -0.25) is 14.4 Å². The van der Waals surface area contributed by atoms with Crippen molar-refractivity contribution in [2.75, 3.05) is 32.7 Å². The van der Waals surface area contributed by atoms with Crippen molar-refractivity contribution in [1.29, 1.82) is 0 Å². The first kappa shape index (κ1) is 19.8. The van der Waals surface area contributed by atoms with E-state index in [1.807, 2.05) is 21.9 Å². The van der Waals surface area contributed by atoms with Gasteiger partial charge in [0, 0.05) is 26.2 Å². The summed E-state index contributed by atoms with van der Waals surface area (Å²) in [6.07, 6.45) is 5.08. The Morgan fingerprint density at radius 3 is 2.45 bits per heavy atom. The zero-order valence-electron chi connectivity index (χ0n) is 17.5. The second-order valence-electron chi connectivity index (χ2n) is 9.01. The summed E-state index contributed by atoms with van der Waals surface area (Å²) < 4.78 is 5.05. The zero-order valence-corrected chi connectivity index (χ0v) is 17.5. The normalized spacial score (nSPS) is 21.5. The third-order valence-corrected chi connectivity index (χ3v) is 7.22. The molecule has 1 aromatic heterocycles. The summed E-state index contributed by atoms with van der Waals surface area (Å²) in [4.78, 5) is 41.4. The van der Waals surface area contributed by atoms with E-state index in [9.17, 15) is 14.4 Å². The lowest BCUT2D eigenvalue weighted by Gasteiger charge is -2.40. The van der Waals surface area contributed by atoms with E-state index in [0.29, 0.717) is 13.1 Å². The van der Waals surface area contributed by atoms with Gasteiger partial charge in [-0.05, 0) is 54.4 Å². The van der Waals surface area contributed by atoms with E-state index in [4.69, 9.17) is 4.42 Å². The van der Waals surface area contributed by atoms with Gasteiger partial charge in [0.1, 0.15) is 0 Å². The first-order chi connectivity index (χ1) is 15.0. The van der Waals surface area contributed by atoms with Crippen molar-refractivity contribution in [3.05, 3.63) is 59.5 Å². The Kier molecular flexibility index (Phi) is 5.04. The van der Waals surface area contributed by atoms with Gasteiger partial charge in [-0.15, -0.1) is 0 Å². The summed E-state index contributed by atoms with van der Waals surface area (Å²) in [5.41, 5.74) is 2.60. The molecule has 3 amide bonds. The molecule has 0 bridgehead atoms. The minimum Gasteiger partial charge on any atom is -0.459 e. The fourth-order valence-electron chi connectivity index (χ4n) is 5.22. The van der Waals surface area contributed by atoms with E-state index in [1.54, 1.807) is 12.1 Å². The second kappa shape index (κ2) is 7.87. The largest absolute Gasteiger partial charge is 0.459 e. The first-order valence-electron chi connectivity index (χ1n) is 11.0. The lowest BCUT2D eigenvalue weighted by molar-refractivity contribution is -0.135. The fourth-order valence-corrected chi connectivity index (χ4v) is 5.22. The molecular weight excluding hydrogens is 394 g/mol. The second-order valence-corrected chi connectivity index (χ2v) is 9.01. The quantitative estimate of drug-likeness (QED) is 0.820. The predicted octanol–water partition coefficient (Wildman–Crippen LogP) is 2.19. The molecule has 162 valence electrons. The molecule has 1 atom stereocenters. The van der Waals surface area contributed by atoms with E-state index in [1.165, 1.54) is 17.4 Å². The van der Waals surface area contributed by atoms with Gasteiger partial charge in [0.15, 0.2) is 5.76 Å². The van der Waals surface area contributed by atoms with E-state index in [-0.39, 0.29) is 41.4 Å². The average molecular weight is 421 g/mol. The maximum absolute atomic E-state index is 13.0. The molecule has 1 aromatic carbocycles. The van der Waals surface area contributed by atoms with Crippen LogP contribution in [-0.4, -0.2) is 60.2 Å². The topological polar surface area (TPSA) is 82.9 Å². The van der Waals surface area contributed by atoms with Crippen molar-refractivity contribution in [1.82, 2.24) is 15.1 Å². The Morgan fingerprint density at radius 2 is 1.74 bits per heavy atom. The van der Waals surface area contributed by atoms with Crippen LogP contribution in [0.4, 0.5) is 0 Å². The molecule has 0 saturated carbocycles. The molecular formula is C24H27N3O4. The minimum absolute atomic E-state index is 0.0192. The monoisotopic (exact) mass is 421 g/mol. The van der Waals surface area contributed by atoms with Crippen LogP contribution in [0.15, 0.2) is 47.1 Å². The fraction of sp³-hybridized carbons (Fsp3) is 0.458. The van der Waals surface area contributed by atoms with Gasteiger partial charge in [0.2, 0.25) is 11.8 Å². The van der Waals surface area contributed by atoms with Gasteiger partial charge in [0.05, 0.1) is 18.7 Å². The lowest BCUT2D eigenvalue weighted by Crippen LogP contribution is -2.48. The van der Waals surface area contributed by atoms with E-state index in [0.717, 1.165) is 38.8 Å². The molecule has 2 saturated heterocycles. The lowest BCUT2D eigenvalue weighted by atomic mass is 9.76. The number of rotatable bonds is 4. The van der Waals surface area contributed by atoms with Crippen LogP contribution in [0.5, 0.6) is 0 Å². The molecule has 3 aliphatic rings. The van der Waals surface area contributed by atoms with Crippen LogP contribution in [-0.2, 0) is 16.0 Å². The standard InChI is InChI=1S/C24H27N3O4/c28-21(15-25-22(29)20-6-3-13-31-20)26-10-7-24(8-11-26)9-12-27(16-24)23(30)19-14-17-4-1-2-5-18(17)19/h1-6,13,19H,7-12,14-16H2,(H,25,29). The predicted molar refractivity (Wildman–Crippen MR) is 113 cm³/mol. The number of nitrogens with one attached hydrogen (secondary N) is 1. The number of carbonyl (C=O) groups is 3. The molecule has 3 heterocycles. The van der Waals surface area contributed by atoms with Crippen LogP contribution < -0.4 is 5.32 Å². The van der Waals surface area contributed by atoms with Gasteiger partial charge in [-0.25, -0.2) is 0 Å². The molecule has 7 nitrogen and oxygen atoms in total. The smallest absolute Gasteiger partial charge is 0.287 e. The third kappa shape index (κ3) is 3.73. The summed E-state index contributed by atoms with van der Waals surface area (Å²) in [6, 6.07) is 11.4. The van der Waals surface area contributed by atoms with E-state index < -0.39 is 0 Å². The Labute approximate surface area is 181 Å². The molecule has 1 aliphatic carbocycles. The number of benzene rings is 1. The number of nitrogens with zero attached hydrogens (tertiary/aromatic N) is 2. The number of hydrogen-bond acceptors (Lipinski definition) is 4.